The number of aliphatic hydroxyl groups excluding tert-OH is 1. The smallest absolute Gasteiger partial charge is 0.164 e. The van der Waals surface area contributed by atoms with Gasteiger partial charge in [0.2, 0.25) is 0 Å². The van der Waals surface area contributed by atoms with E-state index < -0.39 is 5.41 Å². The first-order chi connectivity index (χ1) is 69.1. The van der Waals surface area contributed by atoms with Crippen molar-refractivity contribution in [3.05, 3.63) is 506 Å². The fourth-order valence-corrected chi connectivity index (χ4v) is 11.8. The number of benzene rings is 10. The number of ketones is 1. The minimum absolute atomic E-state index is 0. The summed E-state index contributed by atoms with van der Waals surface area (Å²) in [6.07, 6.45) is 13.5. The van der Waals surface area contributed by atoms with Crippen molar-refractivity contribution in [3.63, 3.8) is 0 Å². The molecule has 20 nitrogen and oxygen atoms in total. The summed E-state index contributed by atoms with van der Waals surface area (Å²) < 4.78 is 10.3. The van der Waals surface area contributed by atoms with Crippen molar-refractivity contribution in [2.45, 2.75) is 55.4 Å². The van der Waals surface area contributed by atoms with E-state index in [9.17, 15) is 9.90 Å². The van der Waals surface area contributed by atoms with Crippen molar-refractivity contribution >= 4 is 40.6 Å². The number of carbonyl (C=O) groups excluding carboxylic acids is 1. The number of aliphatic hydroxyl groups is 1. The van der Waals surface area contributed by atoms with Crippen LogP contribution in [0.15, 0.2) is 419 Å². The molecule has 6 radical (unpaired) electrons. The zero-order valence-electron chi connectivity index (χ0n) is 81.7. The van der Waals surface area contributed by atoms with Crippen molar-refractivity contribution in [3.8, 4) is 124 Å². The van der Waals surface area contributed by atoms with Crippen LogP contribution in [0.2, 0.25) is 15.5 Å². The Bertz CT molecular complexity index is 5900. The summed E-state index contributed by atoms with van der Waals surface area (Å²) in [5.74, 6) is 1.64. The van der Waals surface area contributed by atoms with Gasteiger partial charge in [0.1, 0.15) is 10.9 Å². The number of ether oxygens (including phenoxy) is 2. The zero-order valence-corrected chi connectivity index (χ0v) is 98.4. The van der Waals surface area contributed by atoms with Crippen LogP contribution in [0, 0.1) is 85.3 Å². The molecule has 20 rings (SSSR count). The minimum Gasteiger partial charge on any atom is -0.516 e. The molecule has 0 saturated heterocycles. The Morgan fingerprint density at radius 1 is 0.264 bits per heavy atom. The van der Waals surface area contributed by atoms with Crippen molar-refractivity contribution in [1.29, 1.82) is 0 Å². The SMILES string of the molecule is CC(C)(C)C(=O)C=C(O)C(C)(C)C.COc1cc[c-]c(-c2cc(C)c(Cl)nn2)c1.COc1cc[c-]c(-c2cc(C)c(Cl)nn2)c1.Clc1ccc(-c2[c-]cccc2)nn1.[Ir].[Ir].[Ir].[Ir].[Ir].[Ir].[c-]1ccccc1-c1ccccn1.[c-]1ccccc1-c1ccccn1.[c-]1ccccc1-c1ccccn1.[c-]1ccccc1-c1ccccn1.[c-]1ccccc1-c1cccnn1.[c-]1ccccc1-c1cccnn1.[c-]1ccccc1-c1cccnn1. The molecule has 10 aromatic heterocycles. The zero-order chi connectivity index (χ0) is 101. The monoisotopic (exact) mass is 3080 g/mol. The van der Waals surface area contributed by atoms with Gasteiger partial charge in [-0.2, -0.15) is 30.6 Å². The topological polar surface area (TPSA) is 262 Å². The maximum atomic E-state index is 11.5. The van der Waals surface area contributed by atoms with Gasteiger partial charge in [-0.3, -0.25) is 4.79 Å². The van der Waals surface area contributed by atoms with Gasteiger partial charge in [0.15, 0.2) is 16.1 Å². The van der Waals surface area contributed by atoms with E-state index >= 15 is 0 Å². The average molecular weight is 3080 g/mol. The van der Waals surface area contributed by atoms with Gasteiger partial charge in [-0.15, -0.1) is 362 Å². The fourth-order valence-electron chi connectivity index (χ4n) is 11.5. The summed E-state index contributed by atoms with van der Waals surface area (Å²) >= 11 is 17.3. The van der Waals surface area contributed by atoms with Gasteiger partial charge in [0, 0.05) is 227 Å². The Balaban J connectivity index is 0.000000338. The van der Waals surface area contributed by atoms with E-state index in [1.165, 1.54) is 6.08 Å². The van der Waals surface area contributed by atoms with Crippen molar-refractivity contribution in [2.24, 2.45) is 10.8 Å². The number of halogens is 3. The van der Waals surface area contributed by atoms with Gasteiger partial charge >= 0.3 is 0 Å². The Morgan fingerprint density at radius 2 is 0.514 bits per heavy atom. The summed E-state index contributed by atoms with van der Waals surface area (Å²) in [5.41, 5.74) is 19.4. The van der Waals surface area contributed by atoms with Gasteiger partial charge in [-0.1, -0.05) is 161 Å². The van der Waals surface area contributed by atoms with E-state index in [0.717, 1.165) is 135 Å². The third kappa shape index (κ3) is 46.5. The molecule has 148 heavy (non-hydrogen) atoms. The molecule has 764 valence electrons. The van der Waals surface area contributed by atoms with E-state index in [0.29, 0.717) is 15.5 Å². The maximum absolute atomic E-state index is 11.5. The van der Waals surface area contributed by atoms with Crippen LogP contribution in [0.1, 0.15) is 52.7 Å². The Labute approximate surface area is 963 Å². The summed E-state index contributed by atoms with van der Waals surface area (Å²) in [5, 5.41) is 57.5. The minimum atomic E-state index is -0.417. The number of aromatic nitrogens is 16. The van der Waals surface area contributed by atoms with E-state index in [4.69, 9.17) is 44.3 Å². The number of pyridine rings is 4. The molecule has 0 unspecified atom stereocenters. The van der Waals surface area contributed by atoms with Crippen LogP contribution in [0.4, 0.5) is 0 Å². The molecule has 20 aromatic rings. The molecule has 0 aliphatic carbocycles. The second-order valence-corrected chi connectivity index (χ2v) is 32.8. The van der Waals surface area contributed by atoms with E-state index in [-0.39, 0.29) is 138 Å². The molecule has 0 bridgehead atoms. The van der Waals surface area contributed by atoms with Crippen LogP contribution in [0.25, 0.3) is 113 Å². The molecule has 0 fully saturated rings. The Hall–Kier alpha value is -13.1. The second kappa shape index (κ2) is 71.4. The van der Waals surface area contributed by atoms with Crippen LogP contribution in [0.3, 0.4) is 0 Å². The van der Waals surface area contributed by atoms with Crippen LogP contribution in [-0.4, -0.2) is 106 Å². The third-order valence-electron chi connectivity index (χ3n) is 19.1. The van der Waals surface area contributed by atoms with Crippen LogP contribution >= 0.6 is 34.8 Å². The molecule has 29 heteroatoms. The molecule has 0 atom stereocenters. The first-order valence-electron chi connectivity index (χ1n) is 44.4. The Kier molecular flexibility index (Phi) is 61.4. The van der Waals surface area contributed by atoms with Crippen molar-refractivity contribution in [2.75, 3.05) is 14.2 Å². The predicted octanol–water partition coefficient (Wildman–Crippen LogP) is 27.5. The van der Waals surface area contributed by atoms with Gasteiger partial charge in [0.25, 0.3) is 0 Å². The maximum Gasteiger partial charge on any atom is 0.164 e. The number of nitrogens with zero attached hydrogens (tertiary/aromatic N) is 16. The molecule has 0 aliphatic rings. The third-order valence-corrected chi connectivity index (χ3v) is 20.0. The largest absolute Gasteiger partial charge is 0.516 e. The van der Waals surface area contributed by atoms with Crippen LogP contribution in [0.5, 0.6) is 11.5 Å². The van der Waals surface area contributed by atoms with Gasteiger partial charge < -0.3 is 34.5 Å². The number of rotatable bonds is 13. The molecule has 1 N–H and O–H groups in total. The predicted molar refractivity (Wildman–Crippen MR) is 564 cm³/mol. The van der Waals surface area contributed by atoms with Crippen molar-refractivity contribution in [1.82, 2.24) is 81.1 Å². The average Bonchev–Trinajstić information content (AvgIpc) is 0.839. The first kappa shape index (κ1) is 127. The summed E-state index contributed by atoms with van der Waals surface area (Å²) in [4.78, 5) is 28.4. The number of hydrogen-bond acceptors (Lipinski definition) is 20. The van der Waals surface area contributed by atoms with E-state index in [2.05, 4.69) is 142 Å². The Morgan fingerprint density at radius 3 is 0.723 bits per heavy atom. The molecule has 0 spiro atoms. The van der Waals surface area contributed by atoms with Crippen LogP contribution < -0.4 is 9.47 Å². The number of methoxy groups -OCH3 is 2. The molecule has 10 aromatic carbocycles. The molecule has 0 saturated carbocycles. The van der Waals surface area contributed by atoms with Crippen LogP contribution in [-0.2, 0) is 125 Å². The second-order valence-electron chi connectivity index (χ2n) is 31.7. The molecule has 10 heterocycles. The summed E-state index contributed by atoms with van der Waals surface area (Å²) in [7, 11) is 3.25. The van der Waals surface area contributed by atoms with Gasteiger partial charge in [-0.05, 0) is 96.3 Å². The van der Waals surface area contributed by atoms with E-state index in [1.807, 2.05) is 401 Å². The van der Waals surface area contributed by atoms with E-state index in [1.54, 1.807) is 75.8 Å². The number of aryl methyl sites for hydroxylation is 2. The van der Waals surface area contributed by atoms with Gasteiger partial charge in [0.05, 0.1) is 14.2 Å². The number of allylic oxidation sites excluding steroid dienone is 2. The molecular formula is C119H99Cl3Ir6N16O4-10. The molecular weight excluding hydrogens is 2980 g/mol. The first-order valence-corrected chi connectivity index (χ1v) is 45.5. The number of carbonyl (C=O) groups is 1. The molecule has 0 aliphatic heterocycles. The summed E-state index contributed by atoms with van der Waals surface area (Å²) in [6, 6.07) is 146. The quantitative estimate of drug-likeness (QED) is 0.0639. The molecule has 0 amide bonds. The standard InChI is InChI=1S/2C12H10ClN2O.4C11H8N.C11H20O2.C10H6ClN2.3C10H7N2.6Ir/c2*1-8-6-11(14-15-12(8)13)9-4-3-5-10(7-9)16-2;4*1-2-6-10(7-3-1)11-8-4-5-9-12-11;1-10(2,3)8(12)7-9(13)11(4,5)6;11-10-7-6-9(12-13-10)8-4-2-1-3-5-8;3*1-2-5-9(6-3-1)10-7-4-8-11-12-10;;;;;;/h2*3,5-7H,1-2H3;4*1-6,8-9H;7,12H,1-6H3;1-4,6-7H;3*1-5,7-8H;;;;;;/q6*-1;;4*-1;;;;;;. The number of hydrogen-bond donors (Lipinski definition) is 1. The fraction of sp³-hybridized carbons (Fsp3) is 0.101. The normalized spacial score (nSPS) is 9.83. The van der Waals surface area contributed by atoms with Gasteiger partial charge in [-0.25, -0.2) is 15.3 Å². The van der Waals surface area contributed by atoms with Crippen molar-refractivity contribution < 1.29 is 140 Å². The summed E-state index contributed by atoms with van der Waals surface area (Å²) in [6.45, 7) is 14.9.